The summed E-state index contributed by atoms with van der Waals surface area (Å²) < 4.78 is 19.2. The number of rotatable bonds is 9. The molecular formula is C24H35FN6O2. The van der Waals surface area contributed by atoms with E-state index in [-0.39, 0.29) is 18.7 Å². The molecule has 2 unspecified atom stereocenters. The quantitative estimate of drug-likeness (QED) is 0.524. The van der Waals surface area contributed by atoms with Crippen molar-refractivity contribution in [2.75, 3.05) is 42.3 Å². The maximum atomic E-state index is 13.7. The minimum absolute atomic E-state index is 0.176. The first-order chi connectivity index (χ1) is 16.0. The molecule has 1 aliphatic carbocycles. The molecule has 33 heavy (non-hydrogen) atoms. The fourth-order valence-electron chi connectivity index (χ4n) is 4.32. The Bertz CT molecular complexity index is 885. The Hall–Kier alpha value is -2.52. The van der Waals surface area contributed by atoms with E-state index in [9.17, 15) is 9.50 Å². The molecule has 4 rings (SSSR count). The lowest BCUT2D eigenvalue weighted by Gasteiger charge is -2.27. The van der Waals surface area contributed by atoms with E-state index in [0.29, 0.717) is 24.2 Å². The minimum atomic E-state index is -0.944. The predicted molar refractivity (Wildman–Crippen MR) is 128 cm³/mol. The van der Waals surface area contributed by atoms with Crippen molar-refractivity contribution in [3.05, 3.63) is 24.5 Å². The molecule has 0 spiro atoms. The average molecular weight is 459 g/mol. The Morgan fingerprint density at radius 3 is 2.67 bits per heavy atom. The van der Waals surface area contributed by atoms with Crippen LogP contribution in [0.2, 0.25) is 0 Å². The Kier molecular flexibility index (Phi) is 7.93. The van der Waals surface area contributed by atoms with Gasteiger partial charge in [0.05, 0.1) is 41.9 Å². The van der Waals surface area contributed by atoms with E-state index in [1.165, 1.54) is 0 Å². The van der Waals surface area contributed by atoms with Crippen molar-refractivity contribution in [3.8, 4) is 11.3 Å². The first kappa shape index (κ1) is 23.6. The molecule has 180 valence electrons. The third-order valence-corrected chi connectivity index (χ3v) is 6.64. The second kappa shape index (κ2) is 11.1. The molecule has 1 saturated heterocycles. The topological polar surface area (TPSA) is 95.4 Å². The SMILES string of the molecule is CCC(F)CNc1ncc(-c2ccc(N(C)C3CCOC3)cn2)c(NC2CCC(O)CC2)n1. The van der Waals surface area contributed by atoms with Crippen molar-refractivity contribution in [2.24, 2.45) is 0 Å². The van der Waals surface area contributed by atoms with Gasteiger partial charge in [0.2, 0.25) is 5.95 Å². The number of likely N-dealkylation sites (N-methyl/N-ethyl adjacent to an activating group) is 1. The standard InChI is InChI=1S/C24H35FN6O2/c1-3-16(25)12-27-24-28-14-21(23(30-24)29-17-4-7-20(32)8-5-17)22-9-6-18(13-26-22)31(2)19-10-11-33-15-19/h6,9,13-14,16-17,19-20,32H,3-5,7-8,10-12,15H2,1-2H3,(H2,27,28,29,30). The van der Waals surface area contributed by atoms with E-state index >= 15 is 0 Å². The molecule has 8 nitrogen and oxygen atoms in total. The van der Waals surface area contributed by atoms with E-state index < -0.39 is 6.17 Å². The number of aliphatic hydroxyl groups excluding tert-OH is 1. The van der Waals surface area contributed by atoms with Gasteiger partial charge in [0.25, 0.3) is 0 Å². The number of nitrogens with one attached hydrogen (secondary N) is 2. The zero-order valence-corrected chi connectivity index (χ0v) is 19.5. The molecule has 1 saturated carbocycles. The lowest BCUT2D eigenvalue weighted by Crippen LogP contribution is -2.31. The molecule has 3 heterocycles. The number of anilines is 3. The summed E-state index contributed by atoms with van der Waals surface area (Å²) in [5.41, 5.74) is 2.62. The van der Waals surface area contributed by atoms with E-state index in [0.717, 1.165) is 62.3 Å². The first-order valence-electron chi connectivity index (χ1n) is 12.0. The fourth-order valence-corrected chi connectivity index (χ4v) is 4.32. The minimum Gasteiger partial charge on any atom is -0.393 e. The number of nitrogens with zero attached hydrogens (tertiary/aromatic N) is 4. The Morgan fingerprint density at radius 2 is 2.00 bits per heavy atom. The summed E-state index contributed by atoms with van der Waals surface area (Å²) in [6.07, 6.45) is 7.19. The largest absolute Gasteiger partial charge is 0.393 e. The second-order valence-electron chi connectivity index (χ2n) is 9.02. The molecule has 2 aromatic heterocycles. The normalized spacial score (nSPS) is 23.8. The van der Waals surface area contributed by atoms with Crippen LogP contribution < -0.4 is 15.5 Å². The molecule has 0 bridgehead atoms. The zero-order chi connectivity index (χ0) is 23.2. The van der Waals surface area contributed by atoms with Gasteiger partial charge in [-0.3, -0.25) is 4.98 Å². The summed E-state index contributed by atoms with van der Waals surface area (Å²) in [6.45, 7) is 3.53. The van der Waals surface area contributed by atoms with Crippen LogP contribution in [0.3, 0.4) is 0 Å². The zero-order valence-electron chi connectivity index (χ0n) is 19.5. The van der Waals surface area contributed by atoms with Crippen molar-refractivity contribution in [1.29, 1.82) is 0 Å². The maximum absolute atomic E-state index is 13.7. The predicted octanol–water partition coefficient (Wildman–Crippen LogP) is 3.64. The molecule has 9 heteroatoms. The van der Waals surface area contributed by atoms with Gasteiger partial charge in [-0.05, 0) is 50.7 Å². The number of halogens is 1. The van der Waals surface area contributed by atoms with Crippen molar-refractivity contribution < 1.29 is 14.2 Å². The highest BCUT2D eigenvalue weighted by atomic mass is 19.1. The highest BCUT2D eigenvalue weighted by molar-refractivity contribution is 5.73. The van der Waals surface area contributed by atoms with Crippen molar-refractivity contribution in [1.82, 2.24) is 15.0 Å². The third kappa shape index (κ3) is 6.09. The van der Waals surface area contributed by atoms with E-state index in [1.54, 1.807) is 6.20 Å². The van der Waals surface area contributed by atoms with Gasteiger partial charge >= 0.3 is 0 Å². The van der Waals surface area contributed by atoms with Crippen LogP contribution in [0.5, 0.6) is 0 Å². The van der Waals surface area contributed by atoms with Gasteiger partial charge in [-0.25, -0.2) is 9.37 Å². The number of aromatic nitrogens is 3. The molecule has 2 atom stereocenters. The Balaban J connectivity index is 1.54. The number of pyridine rings is 1. The van der Waals surface area contributed by atoms with Gasteiger partial charge in [0, 0.05) is 32.4 Å². The third-order valence-electron chi connectivity index (χ3n) is 6.64. The highest BCUT2D eigenvalue weighted by Crippen LogP contribution is 2.30. The first-order valence-corrected chi connectivity index (χ1v) is 12.0. The Morgan fingerprint density at radius 1 is 1.18 bits per heavy atom. The van der Waals surface area contributed by atoms with Crippen LogP contribution in [0.1, 0.15) is 45.4 Å². The van der Waals surface area contributed by atoms with Crippen LogP contribution in [0.15, 0.2) is 24.5 Å². The summed E-state index contributed by atoms with van der Waals surface area (Å²) in [5, 5.41) is 16.4. The molecular weight excluding hydrogens is 423 g/mol. The number of alkyl halides is 1. The fraction of sp³-hybridized carbons (Fsp3) is 0.625. The number of aliphatic hydroxyl groups is 1. The molecule has 0 amide bonds. The van der Waals surface area contributed by atoms with E-state index in [2.05, 4.69) is 38.6 Å². The van der Waals surface area contributed by atoms with Crippen LogP contribution in [0.25, 0.3) is 11.3 Å². The smallest absolute Gasteiger partial charge is 0.224 e. The van der Waals surface area contributed by atoms with Gasteiger partial charge in [0.15, 0.2) is 0 Å². The summed E-state index contributed by atoms with van der Waals surface area (Å²) in [7, 11) is 2.07. The molecule has 2 fully saturated rings. The lowest BCUT2D eigenvalue weighted by molar-refractivity contribution is 0.126. The number of hydrogen-bond donors (Lipinski definition) is 3. The van der Waals surface area contributed by atoms with E-state index in [1.807, 2.05) is 19.2 Å². The maximum Gasteiger partial charge on any atom is 0.224 e. The van der Waals surface area contributed by atoms with Gasteiger partial charge in [-0.15, -0.1) is 0 Å². The molecule has 0 radical (unpaired) electrons. The summed E-state index contributed by atoms with van der Waals surface area (Å²) in [5.74, 6) is 1.07. The number of hydrogen-bond acceptors (Lipinski definition) is 8. The van der Waals surface area contributed by atoms with Crippen molar-refractivity contribution in [2.45, 2.75) is 69.8 Å². The van der Waals surface area contributed by atoms with Crippen molar-refractivity contribution >= 4 is 17.5 Å². The highest BCUT2D eigenvalue weighted by Gasteiger charge is 2.23. The summed E-state index contributed by atoms with van der Waals surface area (Å²) >= 11 is 0. The van der Waals surface area contributed by atoms with Gasteiger partial charge < -0.3 is 25.4 Å². The van der Waals surface area contributed by atoms with Crippen molar-refractivity contribution in [3.63, 3.8) is 0 Å². The van der Waals surface area contributed by atoms with Gasteiger partial charge in [-0.1, -0.05) is 6.92 Å². The van der Waals surface area contributed by atoms with Crippen LogP contribution in [-0.4, -0.2) is 71.2 Å². The summed E-state index contributed by atoms with van der Waals surface area (Å²) in [6, 6.07) is 4.63. The molecule has 0 aromatic carbocycles. The lowest BCUT2D eigenvalue weighted by atomic mass is 9.93. The van der Waals surface area contributed by atoms with Gasteiger partial charge in [0.1, 0.15) is 12.0 Å². The monoisotopic (exact) mass is 458 g/mol. The van der Waals surface area contributed by atoms with Crippen LogP contribution >= 0.6 is 0 Å². The molecule has 2 aliphatic rings. The van der Waals surface area contributed by atoms with Gasteiger partial charge in [-0.2, -0.15) is 4.98 Å². The van der Waals surface area contributed by atoms with Crippen LogP contribution in [0.4, 0.5) is 21.8 Å². The molecule has 3 N–H and O–H groups in total. The number of ether oxygens (including phenoxy) is 1. The average Bonchev–Trinajstić information content (AvgIpc) is 3.39. The summed E-state index contributed by atoms with van der Waals surface area (Å²) in [4.78, 5) is 16.0. The van der Waals surface area contributed by atoms with Crippen LogP contribution in [0, 0.1) is 0 Å². The molecule has 2 aromatic rings. The molecule has 1 aliphatic heterocycles. The second-order valence-corrected chi connectivity index (χ2v) is 9.02. The van der Waals surface area contributed by atoms with E-state index in [4.69, 9.17) is 9.72 Å². The van der Waals surface area contributed by atoms with Crippen LogP contribution in [-0.2, 0) is 4.74 Å². The Labute approximate surface area is 195 Å².